The largest absolute Gasteiger partial charge is 0.385 e. The SMILES string of the molecule is COCCCn1c(C)ncc(Br)c1=O. The van der Waals surface area contributed by atoms with Gasteiger partial charge in [0.1, 0.15) is 10.3 Å². The molecule has 0 bridgehead atoms. The number of aromatic nitrogens is 2. The Morgan fingerprint density at radius 1 is 1.64 bits per heavy atom. The Kier molecular flexibility index (Phi) is 4.28. The van der Waals surface area contributed by atoms with Crippen LogP contribution in [0.5, 0.6) is 0 Å². The number of hydrogen-bond acceptors (Lipinski definition) is 3. The Morgan fingerprint density at radius 3 is 3.00 bits per heavy atom. The first-order valence-corrected chi connectivity index (χ1v) is 5.17. The van der Waals surface area contributed by atoms with Gasteiger partial charge in [-0.3, -0.25) is 9.36 Å². The summed E-state index contributed by atoms with van der Waals surface area (Å²) in [5.41, 5.74) is -0.0337. The van der Waals surface area contributed by atoms with Gasteiger partial charge in [-0.25, -0.2) is 4.98 Å². The van der Waals surface area contributed by atoms with E-state index >= 15 is 0 Å². The van der Waals surface area contributed by atoms with Crippen molar-refractivity contribution in [1.82, 2.24) is 9.55 Å². The highest BCUT2D eigenvalue weighted by Crippen LogP contribution is 2.01. The molecule has 0 spiro atoms. The summed E-state index contributed by atoms with van der Waals surface area (Å²) < 4.78 is 7.07. The van der Waals surface area contributed by atoms with E-state index in [1.54, 1.807) is 11.7 Å². The van der Waals surface area contributed by atoms with Gasteiger partial charge in [-0.1, -0.05) is 0 Å². The fourth-order valence-electron chi connectivity index (χ4n) is 1.18. The van der Waals surface area contributed by atoms with Gasteiger partial charge in [-0.2, -0.15) is 0 Å². The second-order valence-corrected chi connectivity index (χ2v) is 3.81. The van der Waals surface area contributed by atoms with Gasteiger partial charge >= 0.3 is 0 Å². The van der Waals surface area contributed by atoms with Crippen molar-refractivity contribution in [2.24, 2.45) is 0 Å². The summed E-state index contributed by atoms with van der Waals surface area (Å²) >= 11 is 3.16. The summed E-state index contributed by atoms with van der Waals surface area (Å²) in [7, 11) is 1.65. The third kappa shape index (κ3) is 2.65. The molecular formula is C9H13BrN2O2. The molecule has 0 aliphatic carbocycles. The zero-order valence-electron chi connectivity index (χ0n) is 8.29. The quantitative estimate of drug-likeness (QED) is 0.768. The maximum absolute atomic E-state index is 11.6. The number of nitrogens with zero attached hydrogens (tertiary/aromatic N) is 2. The predicted molar refractivity (Wildman–Crippen MR) is 57.4 cm³/mol. The maximum Gasteiger partial charge on any atom is 0.267 e. The average molecular weight is 261 g/mol. The molecule has 14 heavy (non-hydrogen) atoms. The van der Waals surface area contributed by atoms with Crippen molar-refractivity contribution < 1.29 is 4.74 Å². The van der Waals surface area contributed by atoms with Gasteiger partial charge in [-0.05, 0) is 29.3 Å². The monoisotopic (exact) mass is 260 g/mol. The van der Waals surface area contributed by atoms with Crippen LogP contribution in [0.4, 0.5) is 0 Å². The lowest BCUT2D eigenvalue weighted by Gasteiger charge is -2.08. The second kappa shape index (κ2) is 5.26. The molecular weight excluding hydrogens is 248 g/mol. The van der Waals surface area contributed by atoms with Gasteiger partial charge in [0.15, 0.2) is 0 Å². The van der Waals surface area contributed by atoms with Crippen LogP contribution in [0, 0.1) is 6.92 Å². The maximum atomic E-state index is 11.6. The summed E-state index contributed by atoms with van der Waals surface area (Å²) in [4.78, 5) is 15.7. The van der Waals surface area contributed by atoms with Crippen LogP contribution in [0.1, 0.15) is 12.2 Å². The van der Waals surface area contributed by atoms with E-state index in [0.29, 0.717) is 17.6 Å². The van der Waals surface area contributed by atoms with Crippen molar-refractivity contribution in [3.05, 3.63) is 26.8 Å². The van der Waals surface area contributed by atoms with Crippen LogP contribution < -0.4 is 5.56 Å². The molecule has 78 valence electrons. The smallest absolute Gasteiger partial charge is 0.267 e. The molecule has 4 nitrogen and oxygen atoms in total. The van der Waals surface area contributed by atoms with Gasteiger partial charge in [0.05, 0.1) is 0 Å². The lowest BCUT2D eigenvalue weighted by atomic mass is 10.4. The molecule has 0 fully saturated rings. The number of rotatable bonds is 4. The molecule has 1 aromatic rings. The van der Waals surface area contributed by atoms with E-state index < -0.39 is 0 Å². The molecule has 0 N–H and O–H groups in total. The first kappa shape index (κ1) is 11.4. The van der Waals surface area contributed by atoms with Crippen molar-refractivity contribution in [3.63, 3.8) is 0 Å². The number of methoxy groups -OCH3 is 1. The van der Waals surface area contributed by atoms with Crippen molar-refractivity contribution in [2.75, 3.05) is 13.7 Å². The average Bonchev–Trinajstić information content (AvgIpc) is 2.18. The molecule has 0 amide bonds. The number of ether oxygens (including phenoxy) is 1. The minimum absolute atomic E-state index is 0.0337. The minimum atomic E-state index is -0.0337. The van der Waals surface area contributed by atoms with Crippen LogP contribution in [0.3, 0.4) is 0 Å². The molecule has 0 atom stereocenters. The van der Waals surface area contributed by atoms with Gasteiger partial charge < -0.3 is 4.74 Å². The molecule has 1 aromatic heterocycles. The summed E-state index contributed by atoms with van der Waals surface area (Å²) in [6.45, 7) is 3.12. The van der Waals surface area contributed by atoms with Crippen LogP contribution in [-0.4, -0.2) is 23.3 Å². The second-order valence-electron chi connectivity index (χ2n) is 2.96. The highest BCUT2D eigenvalue weighted by Gasteiger charge is 2.04. The standard InChI is InChI=1S/C9H13BrN2O2/c1-7-11-6-8(10)9(13)12(7)4-3-5-14-2/h6H,3-5H2,1-2H3. The Morgan fingerprint density at radius 2 is 2.36 bits per heavy atom. The fraction of sp³-hybridized carbons (Fsp3) is 0.556. The highest BCUT2D eigenvalue weighted by molar-refractivity contribution is 9.10. The van der Waals surface area contributed by atoms with E-state index in [1.807, 2.05) is 6.92 Å². The number of halogens is 1. The molecule has 0 saturated heterocycles. The Balaban J connectivity index is 2.84. The highest BCUT2D eigenvalue weighted by atomic mass is 79.9. The Hall–Kier alpha value is -0.680. The van der Waals surface area contributed by atoms with Crippen LogP contribution in [0.25, 0.3) is 0 Å². The minimum Gasteiger partial charge on any atom is -0.385 e. The summed E-state index contributed by atoms with van der Waals surface area (Å²) in [6, 6.07) is 0. The van der Waals surface area contributed by atoms with E-state index in [1.165, 1.54) is 6.20 Å². The van der Waals surface area contributed by atoms with Gasteiger partial charge in [0.2, 0.25) is 0 Å². The van der Waals surface area contributed by atoms with E-state index in [9.17, 15) is 4.79 Å². The first-order valence-electron chi connectivity index (χ1n) is 4.37. The van der Waals surface area contributed by atoms with Crippen LogP contribution in [-0.2, 0) is 11.3 Å². The van der Waals surface area contributed by atoms with Crippen LogP contribution in [0.15, 0.2) is 15.5 Å². The van der Waals surface area contributed by atoms with E-state index in [2.05, 4.69) is 20.9 Å². The lowest BCUT2D eigenvalue weighted by Crippen LogP contribution is -2.24. The summed E-state index contributed by atoms with van der Waals surface area (Å²) in [6.07, 6.45) is 2.35. The summed E-state index contributed by atoms with van der Waals surface area (Å²) in [5.74, 6) is 0.731. The molecule has 0 radical (unpaired) electrons. The molecule has 1 rings (SSSR count). The first-order chi connectivity index (χ1) is 6.66. The van der Waals surface area contributed by atoms with E-state index in [-0.39, 0.29) is 5.56 Å². The molecule has 0 saturated carbocycles. The van der Waals surface area contributed by atoms with Crippen molar-refractivity contribution in [2.45, 2.75) is 19.9 Å². The molecule has 0 aromatic carbocycles. The summed E-state index contributed by atoms with van der Waals surface area (Å²) in [5, 5.41) is 0. The van der Waals surface area contributed by atoms with Gasteiger partial charge in [0.25, 0.3) is 5.56 Å². The molecule has 5 heteroatoms. The number of aryl methyl sites for hydroxylation is 1. The van der Waals surface area contributed by atoms with Crippen molar-refractivity contribution in [3.8, 4) is 0 Å². The molecule has 0 unspecified atom stereocenters. The number of hydrogen-bond donors (Lipinski definition) is 0. The van der Waals surface area contributed by atoms with Crippen molar-refractivity contribution in [1.29, 1.82) is 0 Å². The topological polar surface area (TPSA) is 44.1 Å². The van der Waals surface area contributed by atoms with Gasteiger partial charge in [0, 0.05) is 26.5 Å². The third-order valence-corrected chi connectivity index (χ3v) is 2.48. The lowest BCUT2D eigenvalue weighted by molar-refractivity contribution is 0.189. The van der Waals surface area contributed by atoms with E-state index in [0.717, 1.165) is 12.2 Å². The Bertz CT molecular complexity index is 362. The molecule has 0 aliphatic heterocycles. The Labute approximate surface area is 91.0 Å². The zero-order chi connectivity index (χ0) is 10.6. The van der Waals surface area contributed by atoms with Crippen LogP contribution >= 0.6 is 15.9 Å². The van der Waals surface area contributed by atoms with Gasteiger partial charge in [-0.15, -0.1) is 0 Å². The fourth-order valence-corrected chi connectivity index (χ4v) is 1.50. The van der Waals surface area contributed by atoms with Crippen molar-refractivity contribution >= 4 is 15.9 Å². The van der Waals surface area contributed by atoms with Crippen LogP contribution in [0.2, 0.25) is 0 Å². The molecule has 0 aliphatic rings. The van der Waals surface area contributed by atoms with E-state index in [4.69, 9.17) is 4.74 Å². The molecule has 1 heterocycles. The normalized spacial score (nSPS) is 10.5. The third-order valence-electron chi connectivity index (χ3n) is 1.94. The zero-order valence-corrected chi connectivity index (χ0v) is 9.87. The predicted octanol–water partition coefficient (Wildman–Crippen LogP) is 1.35.